The Hall–Kier alpha value is -1.62. The fourth-order valence-corrected chi connectivity index (χ4v) is 1.12. The van der Waals surface area contributed by atoms with Crippen LogP contribution in [0.3, 0.4) is 0 Å². The number of hydrogen-bond acceptors (Lipinski definition) is 4. The average molecular weight is 239 g/mol. The number of thiocarbonyl (C=S) groups is 1. The number of nitrogens with zero attached hydrogens (tertiary/aromatic N) is 1. The van der Waals surface area contributed by atoms with Gasteiger partial charge in [0, 0.05) is 19.7 Å². The normalized spacial score (nSPS) is 9.44. The van der Waals surface area contributed by atoms with Crippen molar-refractivity contribution in [2.24, 2.45) is 0 Å². The number of carbonyl (C=O) groups excluding carboxylic acids is 1. The second kappa shape index (κ2) is 5.46. The van der Waals surface area contributed by atoms with Gasteiger partial charge < -0.3 is 14.4 Å². The van der Waals surface area contributed by atoms with E-state index in [1.165, 1.54) is 7.11 Å². The molecule has 1 rings (SSSR count). The van der Waals surface area contributed by atoms with Gasteiger partial charge in [-0.05, 0) is 30.4 Å². The summed E-state index contributed by atoms with van der Waals surface area (Å²) in [7, 11) is 5.08. The summed E-state index contributed by atoms with van der Waals surface area (Å²) in [4.78, 5) is 12.3. The highest BCUT2D eigenvalue weighted by Gasteiger charge is 2.09. The van der Waals surface area contributed by atoms with Crippen LogP contribution in [0.5, 0.6) is 11.5 Å². The van der Waals surface area contributed by atoms with E-state index in [1.807, 2.05) is 0 Å². The van der Waals surface area contributed by atoms with Crippen LogP contribution >= 0.6 is 12.2 Å². The van der Waals surface area contributed by atoms with E-state index >= 15 is 0 Å². The number of ether oxygens (including phenoxy) is 2. The lowest BCUT2D eigenvalue weighted by Crippen LogP contribution is -2.25. The lowest BCUT2D eigenvalue weighted by molar-refractivity contribution is 0.112. The Bertz CT molecular complexity index is 404. The van der Waals surface area contributed by atoms with Gasteiger partial charge in [0.2, 0.25) is 0 Å². The molecule has 16 heavy (non-hydrogen) atoms. The van der Waals surface area contributed by atoms with Crippen LogP contribution < -0.4 is 9.47 Å². The molecule has 4 nitrogen and oxygen atoms in total. The maximum absolute atomic E-state index is 10.6. The van der Waals surface area contributed by atoms with E-state index < -0.39 is 0 Å². The van der Waals surface area contributed by atoms with Gasteiger partial charge in [-0.2, -0.15) is 0 Å². The molecule has 0 aliphatic carbocycles. The number of benzene rings is 1. The first-order valence-electron chi connectivity index (χ1n) is 4.61. The summed E-state index contributed by atoms with van der Waals surface area (Å²) in [5, 5.41) is 0.307. The van der Waals surface area contributed by atoms with E-state index in [0.29, 0.717) is 22.2 Å². The van der Waals surface area contributed by atoms with E-state index in [4.69, 9.17) is 21.7 Å². The Balaban J connectivity index is 3.00. The van der Waals surface area contributed by atoms with Crippen molar-refractivity contribution in [2.75, 3.05) is 21.2 Å². The van der Waals surface area contributed by atoms with Crippen LogP contribution in [0.4, 0.5) is 0 Å². The standard InChI is InChI=1S/C11H13NO3S/c1-12(2)11(16)15-10-6-8(7-13)4-5-9(10)14-3/h4-7H,1-3H3. The van der Waals surface area contributed by atoms with Gasteiger partial charge in [0.25, 0.3) is 5.17 Å². The summed E-state index contributed by atoms with van der Waals surface area (Å²) in [6.45, 7) is 0. The molecule has 0 saturated carbocycles. The molecular weight excluding hydrogens is 226 g/mol. The Kier molecular flexibility index (Phi) is 4.25. The topological polar surface area (TPSA) is 38.8 Å². The monoisotopic (exact) mass is 239 g/mol. The predicted molar refractivity (Wildman–Crippen MR) is 65.3 cm³/mol. The van der Waals surface area contributed by atoms with Gasteiger partial charge in [0.1, 0.15) is 6.29 Å². The fraction of sp³-hybridized carbons (Fsp3) is 0.273. The molecule has 1 aromatic rings. The third kappa shape index (κ3) is 2.93. The van der Waals surface area contributed by atoms with E-state index in [2.05, 4.69) is 0 Å². The summed E-state index contributed by atoms with van der Waals surface area (Å²) < 4.78 is 10.5. The minimum absolute atomic E-state index is 0.307. The zero-order chi connectivity index (χ0) is 12.1. The molecule has 0 saturated heterocycles. The molecule has 0 bridgehead atoms. The Morgan fingerprint density at radius 2 is 2.06 bits per heavy atom. The summed E-state index contributed by atoms with van der Waals surface area (Å²) >= 11 is 5.01. The number of aldehydes is 1. The highest BCUT2D eigenvalue weighted by molar-refractivity contribution is 7.80. The molecule has 0 radical (unpaired) electrons. The largest absolute Gasteiger partial charge is 0.493 e. The minimum Gasteiger partial charge on any atom is -0.493 e. The molecule has 1 aromatic carbocycles. The van der Waals surface area contributed by atoms with Crippen molar-refractivity contribution in [1.82, 2.24) is 4.90 Å². The van der Waals surface area contributed by atoms with Gasteiger partial charge in [-0.15, -0.1) is 0 Å². The smallest absolute Gasteiger partial charge is 0.264 e. The maximum Gasteiger partial charge on any atom is 0.264 e. The second-order valence-corrected chi connectivity index (χ2v) is 3.64. The van der Waals surface area contributed by atoms with Crippen LogP contribution in [0.25, 0.3) is 0 Å². The Labute approximate surface area is 99.8 Å². The minimum atomic E-state index is 0.307. The van der Waals surface area contributed by atoms with Crippen molar-refractivity contribution in [2.45, 2.75) is 0 Å². The zero-order valence-electron chi connectivity index (χ0n) is 9.39. The Morgan fingerprint density at radius 1 is 1.38 bits per heavy atom. The van der Waals surface area contributed by atoms with Crippen LogP contribution in [-0.4, -0.2) is 37.6 Å². The van der Waals surface area contributed by atoms with Crippen molar-refractivity contribution in [1.29, 1.82) is 0 Å². The molecular formula is C11H13NO3S. The van der Waals surface area contributed by atoms with Crippen molar-refractivity contribution in [3.05, 3.63) is 23.8 Å². The number of hydrogen-bond donors (Lipinski definition) is 0. The lowest BCUT2D eigenvalue weighted by atomic mass is 10.2. The molecule has 0 aromatic heterocycles. The highest BCUT2D eigenvalue weighted by atomic mass is 32.1. The predicted octanol–water partition coefficient (Wildman–Crippen LogP) is 1.73. The molecule has 0 atom stereocenters. The van der Waals surface area contributed by atoms with Crippen molar-refractivity contribution < 1.29 is 14.3 Å². The van der Waals surface area contributed by atoms with Crippen LogP contribution in [0.1, 0.15) is 10.4 Å². The van der Waals surface area contributed by atoms with Gasteiger partial charge >= 0.3 is 0 Å². The van der Waals surface area contributed by atoms with Crippen molar-refractivity contribution in [3.63, 3.8) is 0 Å². The number of methoxy groups -OCH3 is 1. The molecule has 0 aliphatic heterocycles. The second-order valence-electron chi connectivity index (χ2n) is 3.29. The fourth-order valence-electron chi connectivity index (χ4n) is 1.03. The molecule has 0 unspecified atom stereocenters. The summed E-state index contributed by atoms with van der Waals surface area (Å²) in [6, 6.07) is 4.90. The third-order valence-electron chi connectivity index (χ3n) is 1.89. The van der Waals surface area contributed by atoms with E-state index in [0.717, 1.165) is 6.29 Å². The first-order chi connectivity index (χ1) is 7.58. The van der Waals surface area contributed by atoms with Crippen molar-refractivity contribution in [3.8, 4) is 11.5 Å². The van der Waals surface area contributed by atoms with Crippen molar-refractivity contribution >= 4 is 23.7 Å². The molecule has 0 N–H and O–H groups in total. The first kappa shape index (κ1) is 12.4. The molecule has 0 aliphatic rings. The Morgan fingerprint density at radius 3 is 2.56 bits per heavy atom. The molecule has 0 fully saturated rings. The SMILES string of the molecule is COc1ccc(C=O)cc1OC(=S)N(C)C. The quantitative estimate of drug-likeness (QED) is 0.593. The van der Waals surface area contributed by atoms with Gasteiger partial charge in [-0.1, -0.05) is 0 Å². The first-order valence-corrected chi connectivity index (χ1v) is 5.01. The molecule has 0 amide bonds. The molecule has 86 valence electrons. The molecule has 5 heteroatoms. The average Bonchev–Trinajstić information content (AvgIpc) is 2.28. The van der Waals surface area contributed by atoms with Gasteiger partial charge in [-0.25, -0.2) is 0 Å². The van der Waals surface area contributed by atoms with Crippen LogP contribution in [-0.2, 0) is 0 Å². The van der Waals surface area contributed by atoms with Gasteiger partial charge in [-0.3, -0.25) is 4.79 Å². The molecule has 0 spiro atoms. The van der Waals surface area contributed by atoms with Crippen LogP contribution in [0.15, 0.2) is 18.2 Å². The van der Waals surface area contributed by atoms with Crippen LogP contribution in [0, 0.1) is 0 Å². The van der Waals surface area contributed by atoms with Gasteiger partial charge in [0.05, 0.1) is 7.11 Å². The van der Waals surface area contributed by atoms with E-state index in [9.17, 15) is 4.79 Å². The summed E-state index contributed by atoms with van der Waals surface area (Å²) in [5.41, 5.74) is 0.511. The van der Waals surface area contributed by atoms with E-state index in [1.54, 1.807) is 37.2 Å². The lowest BCUT2D eigenvalue weighted by Gasteiger charge is -2.16. The van der Waals surface area contributed by atoms with Gasteiger partial charge in [0.15, 0.2) is 11.5 Å². The zero-order valence-corrected chi connectivity index (χ0v) is 10.2. The summed E-state index contributed by atoms with van der Waals surface area (Å²) in [5.74, 6) is 0.973. The maximum atomic E-state index is 10.6. The van der Waals surface area contributed by atoms with E-state index in [-0.39, 0.29) is 0 Å². The summed E-state index contributed by atoms with van der Waals surface area (Å²) in [6.07, 6.45) is 0.741. The third-order valence-corrected chi connectivity index (χ3v) is 2.33. The number of rotatable bonds is 3. The molecule has 0 heterocycles. The van der Waals surface area contributed by atoms with Crippen LogP contribution in [0.2, 0.25) is 0 Å². The number of carbonyl (C=O) groups is 1. The highest BCUT2D eigenvalue weighted by Crippen LogP contribution is 2.27.